The molecule has 0 fully saturated rings. The van der Waals surface area contributed by atoms with E-state index in [1.807, 2.05) is 0 Å². The van der Waals surface area contributed by atoms with Gasteiger partial charge in [-0.15, -0.1) is 46.4 Å². The Morgan fingerprint density at radius 1 is 1.00 bits per heavy atom. The van der Waals surface area contributed by atoms with Gasteiger partial charge < -0.3 is 0 Å². The number of rotatable bonds is 0. The summed E-state index contributed by atoms with van der Waals surface area (Å²) in [7, 11) is 1.17. The van der Waals surface area contributed by atoms with Crippen molar-refractivity contribution < 1.29 is 4.57 Å². The average molecular weight is 247 g/mol. The van der Waals surface area contributed by atoms with Crippen molar-refractivity contribution in [3.05, 3.63) is 0 Å². The molecule has 0 N–H and O–H groups in total. The van der Waals surface area contributed by atoms with Crippen molar-refractivity contribution in [2.24, 2.45) is 0 Å². The molecule has 0 radical (unpaired) electrons. The second-order valence-electron chi connectivity index (χ2n) is 0. The van der Waals surface area contributed by atoms with Gasteiger partial charge >= 0.3 is 9.12 Å². The maximum absolute atomic E-state index is 8.17. The van der Waals surface area contributed by atoms with Gasteiger partial charge in [0.05, 0.1) is 0 Å². The first-order valence-electron chi connectivity index (χ1n) is 0.236. The van der Waals surface area contributed by atoms with E-state index in [-0.39, 0.29) is 46.4 Å². The van der Waals surface area contributed by atoms with Crippen LogP contribution in [0.4, 0.5) is 0 Å². The summed E-state index contributed by atoms with van der Waals surface area (Å²) in [5, 5.41) is 0. The van der Waals surface area contributed by atoms with Gasteiger partial charge in [-0.25, -0.2) is 0 Å². The maximum Gasteiger partial charge on any atom is 0.310 e. The van der Waals surface area contributed by atoms with Crippen molar-refractivity contribution in [2.75, 3.05) is 0 Å². The van der Waals surface area contributed by atoms with Gasteiger partial charge in [-0.05, 0) is 0 Å². The van der Waals surface area contributed by atoms with E-state index in [1.165, 1.54) is 9.12 Å². The van der Waals surface area contributed by atoms with Crippen molar-refractivity contribution in [1.82, 2.24) is 0 Å². The van der Waals surface area contributed by atoms with Crippen molar-refractivity contribution in [2.45, 2.75) is 0 Å². The number of hydrogen-bond acceptors (Lipinski definition) is 1. The van der Waals surface area contributed by atoms with Crippen LogP contribution in [0.2, 0.25) is 0 Å². The molecule has 0 saturated carbocycles. The maximum atomic E-state index is 8.17. The molecular formula is H5Br2ClOP+. The second-order valence-corrected chi connectivity index (χ2v) is 0. The zero-order valence-corrected chi connectivity index (χ0v) is 7.61. The summed E-state index contributed by atoms with van der Waals surface area (Å²) in [6.07, 6.45) is 0. The molecule has 0 aliphatic heterocycles. The van der Waals surface area contributed by atoms with E-state index in [0.29, 0.717) is 0 Å². The van der Waals surface area contributed by atoms with Crippen LogP contribution in [0.15, 0.2) is 0 Å². The highest BCUT2D eigenvalue weighted by atomic mass is 79.9. The first-order valence-corrected chi connectivity index (χ1v) is 0.707. The van der Waals surface area contributed by atoms with Gasteiger partial charge in [0, 0.05) is 0 Å². The molecule has 1 nitrogen and oxygen atoms in total. The van der Waals surface area contributed by atoms with Crippen LogP contribution >= 0.6 is 55.5 Å². The summed E-state index contributed by atoms with van der Waals surface area (Å²) in [6.45, 7) is 0. The van der Waals surface area contributed by atoms with E-state index in [1.54, 1.807) is 0 Å². The van der Waals surface area contributed by atoms with Crippen LogP contribution in [0.3, 0.4) is 0 Å². The molecule has 0 spiro atoms. The highest BCUT2D eigenvalue weighted by Crippen LogP contribution is 1.23. The van der Waals surface area contributed by atoms with Gasteiger partial charge in [-0.1, -0.05) is 4.57 Å². The molecule has 0 aliphatic rings. The Kier molecular flexibility index (Phi) is 366. The zero-order valence-electron chi connectivity index (χ0n) is 2.21. The lowest BCUT2D eigenvalue weighted by molar-refractivity contribution is 0.607. The van der Waals surface area contributed by atoms with Gasteiger partial charge in [-0.2, -0.15) is 0 Å². The van der Waals surface area contributed by atoms with Crippen molar-refractivity contribution in [1.29, 1.82) is 0 Å². The lowest BCUT2D eigenvalue weighted by atomic mass is 16.0. The summed E-state index contributed by atoms with van der Waals surface area (Å²) in [5.41, 5.74) is 0. The molecule has 0 bridgehead atoms. The normalized spacial score (nSPS) is 0.800. The molecule has 0 aromatic heterocycles. The van der Waals surface area contributed by atoms with Gasteiger partial charge in [0.15, 0.2) is 0 Å². The third-order valence-corrected chi connectivity index (χ3v) is 0. The molecule has 0 rings (SSSR count). The fraction of sp³-hybridized carbons (Fsp3) is 0. The molecule has 0 aromatic carbocycles. The fourth-order valence-corrected chi connectivity index (χ4v) is 0. The molecule has 5 heteroatoms. The highest BCUT2D eigenvalue weighted by Gasteiger charge is 0.849. The first kappa shape index (κ1) is 32.9. The molecule has 1 unspecified atom stereocenters. The van der Waals surface area contributed by atoms with Crippen LogP contribution in [0.1, 0.15) is 0 Å². The summed E-state index contributed by atoms with van der Waals surface area (Å²) in [4.78, 5) is 0. The van der Waals surface area contributed by atoms with Crippen LogP contribution < -0.4 is 0 Å². The highest BCUT2D eigenvalue weighted by molar-refractivity contribution is 8.93. The van der Waals surface area contributed by atoms with E-state index >= 15 is 0 Å². The van der Waals surface area contributed by atoms with Gasteiger partial charge in [0.2, 0.25) is 0 Å². The van der Waals surface area contributed by atoms with Crippen molar-refractivity contribution >= 4 is 55.5 Å². The van der Waals surface area contributed by atoms with E-state index in [0.717, 1.165) is 0 Å². The Hall–Kier alpha value is 1.35. The summed E-state index contributed by atoms with van der Waals surface area (Å²) in [6, 6.07) is 0. The molecule has 0 heterocycles. The van der Waals surface area contributed by atoms with Crippen LogP contribution in [0.5, 0.6) is 0 Å². The monoisotopic (exact) mass is 245 g/mol. The number of halogens is 3. The summed E-state index contributed by atoms with van der Waals surface area (Å²) in [5.74, 6) is 0. The fourth-order valence-electron chi connectivity index (χ4n) is 0. The standard InChI is InChI=1S/2BrH.ClH.H2OP/c;;;1-2/h3*1H;2H2/q;;;+1. The zero-order chi connectivity index (χ0) is 2.00. The number of hydrogen-bond donors (Lipinski definition) is 0. The average Bonchev–Trinajstić information content (AvgIpc) is 1.00. The molecule has 5 heavy (non-hydrogen) atoms. The minimum atomic E-state index is 0. The molecule has 0 aromatic rings. The topological polar surface area (TPSA) is 17.1 Å². The summed E-state index contributed by atoms with van der Waals surface area (Å²) >= 11 is 0. The van der Waals surface area contributed by atoms with Crippen LogP contribution in [-0.2, 0) is 4.57 Å². The quantitative estimate of drug-likeness (QED) is 0.596. The largest absolute Gasteiger partial charge is 0.310 e. The minimum absolute atomic E-state index is 0. The van der Waals surface area contributed by atoms with Crippen molar-refractivity contribution in [3.8, 4) is 0 Å². The second kappa shape index (κ2) is 55.5. The SMILES string of the molecule is Br.Br.Cl.O=[PH2+]. The Labute approximate surface area is 60.1 Å². The van der Waals surface area contributed by atoms with E-state index in [2.05, 4.69) is 0 Å². The van der Waals surface area contributed by atoms with Crippen LogP contribution in [-0.4, -0.2) is 0 Å². The smallest absolute Gasteiger partial charge is 0.147 e. The Balaban J connectivity index is -0.00000000167. The third kappa shape index (κ3) is 32.9. The van der Waals surface area contributed by atoms with Gasteiger partial charge in [0.25, 0.3) is 0 Å². The predicted octanol–water partition coefficient (Wildman–Crippen LogP) is 1.78. The Morgan fingerprint density at radius 2 is 1.00 bits per heavy atom. The van der Waals surface area contributed by atoms with Crippen LogP contribution in [0.25, 0.3) is 0 Å². The molecular weight excluding hydrogens is 242 g/mol. The lowest BCUT2D eigenvalue weighted by Crippen LogP contribution is -0.489. The molecule has 36 valence electrons. The van der Waals surface area contributed by atoms with E-state index < -0.39 is 0 Å². The summed E-state index contributed by atoms with van der Waals surface area (Å²) < 4.78 is 8.17. The predicted molar refractivity (Wildman–Crippen MR) is 38.3 cm³/mol. The Morgan fingerprint density at radius 3 is 1.00 bits per heavy atom. The molecule has 0 saturated heterocycles. The van der Waals surface area contributed by atoms with Gasteiger partial charge in [-0.3, -0.25) is 0 Å². The van der Waals surface area contributed by atoms with E-state index in [9.17, 15) is 0 Å². The van der Waals surface area contributed by atoms with Crippen molar-refractivity contribution in [3.63, 3.8) is 0 Å². The van der Waals surface area contributed by atoms with E-state index in [4.69, 9.17) is 4.57 Å². The van der Waals surface area contributed by atoms with Gasteiger partial charge in [0.1, 0.15) is 0 Å². The molecule has 1 atom stereocenters. The Bertz CT molecular complexity index is 9.61. The minimum Gasteiger partial charge on any atom is -0.147 e. The lowest BCUT2D eigenvalue weighted by Gasteiger charge is -0.618. The first-order chi connectivity index (χ1) is 1.00. The van der Waals surface area contributed by atoms with Crippen LogP contribution in [0, 0.1) is 0 Å². The molecule has 0 amide bonds. The third-order valence-electron chi connectivity index (χ3n) is 0. The molecule has 0 aliphatic carbocycles.